The van der Waals surface area contributed by atoms with Gasteiger partial charge in [0, 0.05) is 25.3 Å². The Bertz CT molecular complexity index is 1900. The molecule has 6 rings (SSSR count). The number of hydrogen-bond acceptors (Lipinski definition) is 10. The maximum Gasteiger partial charge on any atom is 0.410 e. The largest absolute Gasteiger partial charge is 0.444 e. The van der Waals surface area contributed by atoms with E-state index in [-0.39, 0.29) is 43.7 Å². The second-order valence-electron chi connectivity index (χ2n) is 16.5. The second kappa shape index (κ2) is 16.0. The number of rotatable bonds is 9. The number of benzene rings is 1. The Hall–Kier alpha value is -4.34. The van der Waals surface area contributed by atoms with Gasteiger partial charge in [-0.15, -0.1) is 6.58 Å². The number of carbonyl (C=O) groups excluding carboxylic acids is 5. The highest BCUT2D eigenvalue weighted by molar-refractivity contribution is 7.91. The van der Waals surface area contributed by atoms with Crippen LogP contribution in [-0.2, 0) is 51.8 Å². The van der Waals surface area contributed by atoms with Gasteiger partial charge >= 0.3 is 6.09 Å². The van der Waals surface area contributed by atoms with E-state index in [0.29, 0.717) is 32.5 Å². The van der Waals surface area contributed by atoms with Crippen molar-refractivity contribution in [3.8, 4) is 0 Å². The van der Waals surface area contributed by atoms with Crippen LogP contribution in [0.1, 0.15) is 89.3 Å². The van der Waals surface area contributed by atoms with Crippen molar-refractivity contribution in [2.75, 3.05) is 19.9 Å². The van der Waals surface area contributed by atoms with Crippen molar-refractivity contribution >= 4 is 45.7 Å². The van der Waals surface area contributed by atoms with Gasteiger partial charge in [0.15, 0.2) is 5.78 Å². The first kappa shape index (κ1) is 40.3. The molecule has 2 aliphatic carbocycles. The van der Waals surface area contributed by atoms with E-state index in [2.05, 4.69) is 47.9 Å². The molecule has 1 aromatic rings. The van der Waals surface area contributed by atoms with Gasteiger partial charge in [-0.05, 0) is 74.1 Å². The Balaban J connectivity index is 1.28. The van der Waals surface area contributed by atoms with Gasteiger partial charge < -0.3 is 19.7 Å². The highest BCUT2D eigenvalue weighted by Gasteiger charge is 2.62. The molecule has 4 bridgehead atoms. The van der Waals surface area contributed by atoms with Gasteiger partial charge in [0.05, 0.1) is 37.7 Å². The van der Waals surface area contributed by atoms with Crippen molar-refractivity contribution in [2.45, 2.75) is 115 Å². The molecule has 15 heteroatoms. The fourth-order valence-electron chi connectivity index (χ4n) is 7.62. The topological polar surface area (TPSA) is 181 Å². The summed E-state index contributed by atoms with van der Waals surface area (Å²) in [5, 5.41) is 5.18. The van der Waals surface area contributed by atoms with Gasteiger partial charge in [0.1, 0.15) is 17.7 Å². The van der Waals surface area contributed by atoms with Crippen LogP contribution in [0.15, 0.2) is 48.6 Å². The monoisotopic (exact) mass is 779 g/mol. The minimum absolute atomic E-state index is 0.0498. The van der Waals surface area contributed by atoms with E-state index >= 15 is 0 Å². The Morgan fingerprint density at radius 2 is 1.89 bits per heavy atom. The number of amides is 4. The molecule has 1 aromatic carbocycles. The second-order valence-corrected chi connectivity index (χ2v) is 18.5. The predicted molar refractivity (Wildman–Crippen MR) is 204 cm³/mol. The maximum absolute atomic E-state index is 14.5. The van der Waals surface area contributed by atoms with Crippen molar-refractivity contribution < 1.29 is 41.9 Å². The molecule has 298 valence electrons. The predicted octanol–water partition coefficient (Wildman–Crippen LogP) is 3.47. The fraction of sp³-hybridized carbons (Fsp3) is 0.575. The number of hydrogen-bond donors (Lipinski definition) is 3. The van der Waals surface area contributed by atoms with Crippen LogP contribution in [0.25, 0.3) is 6.08 Å². The number of sulfonamides is 1. The van der Waals surface area contributed by atoms with E-state index < -0.39 is 68.7 Å². The molecule has 0 spiro atoms. The van der Waals surface area contributed by atoms with Crippen molar-refractivity contribution in [1.82, 2.24) is 25.2 Å². The lowest BCUT2D eigenvalue weighted by Gasteiger charge is -2.30. The summed E-state index contributed by atoms with van der Waals surface area (Å²) in [6.45, 7) is 12.3. The standard InChI is InChI=1S/C40H53N5O9S/c1-6-28-19-40(28,37(49)43-55(51,52)31-13-14-31)42-35(47)34-18-30-21-45(34)36(48)33(17-29(46)16-25(2)3)41-24-53-23-39(4,5)15-8-7-10-26-11-9-12-27-20-44(22-32(26)27)38(50)54-30/h6-7,9-12,16,28,30-31,33-34,41H,1,8,13-15,17-24H2,2-5H3,(H,42,47)(H,43,49). The average molecular weight is 780 g/mol. The normalized spacial score (nSPS) is 28.1. The molecule has 4 amide bonds. The minimum atomic E-state index is -3.92. The summed E-state index contributed by atoms with van der Waals surface area (Å²) < 4.78 is 39.6. The van der Waals surface area contributed by atoms with Gasteiger partial charge in [-0.3, -0.25) is 34.1 Å². The van der Waals surface area contributed by atoms with E-state index in [9.17, 15) is 32.4 Å². The van der Waals surface area contributed by atoms with Crippen LogP contribution in [0.4, 0.5) is 4.79 Å². The van der Waals surface area contributed by atoms with Gasteiger partial charge in [-0.1, -0.05) is 55.8 Å². The molecule has 3 heterocycles. The SMILES string of the molecule is C=CC1CC1(NC(=O)C1CC2CN1C(=O)C(CC(=O)C=C(C)C)NCOCC(C)(C)CCC=Cc1cccc3c1CN(C3)C(=O)O2)C(=O)NS(=O)(=O)C1CC1. The quantitative estimate of drug-likeness (QED) is 0.248. The summed E-state index contributed by atoms with van der Waals surface area (Å²) in [5.41, 5.74) is 2.01. The number of ether oxygens (including phenoxy) is 2. The van der Waals surface area contributed by atoms with Crippen LogP contribution in [0.3, 0.4) is 0 Å². The molecule has 3 aliphatic heterocycles. The van der Waals surface area contributed by atoms with E-state index in [0.717, 1.165) is 35.1 Å². The molecule has 0 aromatic heterocycles. The third-order valence-corrected chi connectivity index (χ3v) is 12.8. The van der Waals surface area contributed by atoms with Crippen LogP contribution >= 0.6 is 0 Å². The lowest BCUT2D eigenvalue weighted by atomic mass is 9.88. The van der Waals surface area contributed by atoms with E-state index in [1.807, 2.05) is 18.2 Å². The number of ketones is 1. The van der Waals surface area contributed by atoms with E-state index in [1.54, 1.807) is 18.7 Å². The van der Waals surface area contributed by atoms with Gasteiger partial charge in [0.25, 0.3) is 5.91 Å². The third kappa shape index (κ3) is 9.38. The fourth-order valence-corrected chi connectivity index (χ4v) is 8.98. The van der Waals surface area contributed by atoms with Gasteiger partial charge in [-0.2, -0.15) is 0 Å². The van der Waals surface area contributed by atoms with Crippen LogP contribution < -0.4 is 15.4 Å². The molecule has 5 aliphatic rings. The molecule has 55 heavy (non-hydrogen) atoms. The number of carbonyl (C=O) groups is 5. The molecule has 1 saturated heterocycles. The number of nitrogens with one attached hydrogen (secondary N) is 3. The summed E-state index contributed by atoms with van der Waals surface area (Å²) in [5.74, 6) is -3.01. The van der Waals surface area contributed by atoms with Crippen molar-refractivity contribution in [1.29, 1.82) is 0 Å². The first-order valence-electron chi connectivity index (χ1n) is 19.0. The number of allylic oxidation sites excluding steroid dienone is 3. The van der Waals surface area contributed by atoms with Gasteiger partial charge in [0.2, 0.25) is 21.8 Å². The average Bonchev–Trinajstić information content (AvgIpc) is 4.01. The lowest BCUT2D eigenvalue weighted by Crippen LogP contribution is -2.58. The number of fused-ring (bicyclic) bond motifs is 3. The molecule has 5 atom stereocenters. The summed E-state index contributed by atoms with van der Waals surface area (Å²) in [4.78, 5) is 71.8. The maximum atomic E-state index is 14.5. The molecular weight excluding hydrogens is 727 g/mol. The highest BCUT2D eigenvalue weighted by atomic mass is 32.2. The lowest BCUT2D eigenvalue weighted by molar-refractivity contribution is -0.142. The Morgan fingerprint density at radius 1 is 1.13 bits per heavy atom. The molecule has 3 N–H and O–H groups in total. The summed E-state index contributed by atoms with van der Waals surface area (Å²) >= 11 is 0. The zero-order valence-electron chi connectivity index (χ0n) is 32.1. The van der Waals surface area contributed by atoms with Crippen molar-refractivity contribution in [3.63, 3.8) is 0 Å². The van der Waals surface area contributed by atoms with E-state index in [4.69, 9.17) is 9.47 Å². The Kier molecular flexibility index (Phi) is 11.7. The van der Waals surface area contributed by atoms with Crippen LogP contribution in [0, 0.1) is 11.3 Å². The smallest absolute Gasteiger partial charge is 0.410 e. The minimum Gasteiger partial charge on any atom is -0.444 e. The summed E-state index contributed by atoms with van der Waals surface area (Å²) in [6.07, 6.45) is 7.94. The van der Waals surface area contributed by atoms with Crippen molar-refractivity contribution in [2.24, 2.45) is 11.3 Å². The molecule has 14 nitrogen and oxygen atoms in total. The molecule has 5 unspecified atom stereocenters. The highest BCUT2D eigenvalue weighted by Crippen LogP contribution is 2.45. The molecule has 2 saturated carbocycles. The van der Waals surface area contributed by atoms with Crippen molar-refractivity contribution in [3.05, 3.63) is 65.3 Å². The zero-order chi connectivity index (χ0) is 39.7. The van der Waals surface area contributed by atoms with Crippen LogP contribution in [0.2, 0.25) is 0 Å². The van der Waals surface area contributed by atoms with Crippen LogP contribution in [-0.4, -0.2) is 96.7 Å². The van der Waals surface area contributed by atoms with Gasteiger partial charge in [-0.25, -0.2) is 13.2 Å². The zero-order valence-corrected chi connectivity index (χ0v) is 32.9. The Morgan fingerprint density at radius 3 is 2.58 bits per heavy atom. The third-order valence-electron chi connectivity index (χ3n) is 11.0. The molecule has 0 radical (unpaired) electrons. The molecule has 3 fully saturated rings. The first-order chi connectivity index (χ1) is 26.0. The first-order valence-corrected chi connectivity index (χ1v) is 20.6. The summed E-state index contributed by atoms with van der Waals surface area (Å²) in [6, 6.07) is 3.64. The van der Waals surface area contributed by atoms with Crippen LogP contribution in [0.5, 0.6) is 0 Å². The number of nitrogens with zero attached hydrogens (tertiary/aromatic N) is 2. The van der Waals surface area contributed by atoms with E-state index in [1.165, 1.54) is 17.1 Å². The summed E-state index contributed by atoms with van der Waals surface area (Å²) in [7, 11) is -3.92. The molecular formula is C40H53N5O9S. The Labute approximate surface area is 323 Å².